The Kier molecular flexibility index (Phi) is 3.96. The lowest BCUT2D eigenvalue weighted by Crippen LogP contribution is -2.29. The van der Waals surface area contributed by atoms with E-state index in [9.17, 15) is 14.4 Å². The Bertz CT molecular complexity index is 713. The minimum atomic E-state index is -0.861. The number of aryl methyl sites for hydroxylation is 1. The van der Waals surface area contributed by atoms with E-state index < -0.39 is 18.0 Å². The number of nitrogens with zero attached hydrogens (tertiary/aromatic N) is 1. The van der Waals surface area contributed by atoms with Gasteiger partial charge in [-0.2, -0.15) is 0 Å². The topological polar surface area (TPSA) is 106 Å². The molecule has 8 heteroatoms. The van der Waals surface area contributed by atoms with Crippen LogP contribution in [0, 0.1) is 0 Å². The maximum Gasteiger partial charge on any atom is 0.355 e. The van der Waals surface area contributed by atoms with Gasteiger partial charge in [0, 0.05) is 24.2 Å². The molecule has 0 saturated carbocycles. The van der Waals surface area contributed by atoms with Gasteiger partial charge in [-0.25, -0.2) is 4.79 Å². The molecule has 0 saturated heterocycles. The maximum absolute atomic E-state index is 12.2. The zero-order valence-electron chi connectivity index (χ0n) is 12.4. The first-order chi connectivity index (χ1) is 11.1. The number of methoxy groups -OCH3 is 1. The van der Waals surface area contributed by atoms with Gasteiger partial charge in [-0.05, 0) is 30.2 Å². The van der Waals surface area contributed by atoms with Gasteiger partial charge in [0.2, 0.25) is 12.0 Å². The molecule has 2 amide bonds. The second kappa shape index (κ2) is 6.07. The van der Waals surface area contributed by atoms with E-state index in [0.29, 0.717) is 18.5 Å². The van der Waals surface area contributed by atoms with Gasteiger partial charge >= 0.3 is 5.97 Å². The van der Waals surface area contributed by atoms with Crippen molar-refractivity contribution in [3.05, 3.63) is 23.8 Å². The molecule has 2 heterocycles. The zero-order chi connectivity index (χ0) is 16.4. The molecular weight excluding hydrogens is 302 g/mol. The summed E-state index contributed by atoms with van der Waals surface area (Å²) >= 11 is 0. The van der Waals surface area contributed by atoms with Crippen LogP contribution in [0.2, 0.25) is 0 Å². The van der Waals surface area contributed by atoms with Crippen LogP contribution in [0.4, 0.5) is 11.4 Å². The number of fused-ring (bicyclic) bond motifs is 1. The van der Waals surface area contributed by atoms with Gasteiger partial charge in [0.25, 0.3) is 5.91 Å². The van der Waals surface area contributed by atoms with Crippen LogP contribution in [0.25, 0.3) is 0 Å². The van der Waals surface area contributed by atoms with E-state index in [-0.39, 0.29) is 18.0 Å². The van der Waals surface area contributed by atoms with E-state index in [1.54, 1.807) is 12.1 Å². The van der Waals surface area contributed by atoms with Crippen LogP contribution in [-0.4, -0.2) is 36.7 Å². The molecule has 120 valence electrons. The van der Waals surface area contributed by atoms with Gasteiger partial charge in [0.15, 0.2) is 5.71 Å². The summed E-state index contributed by atoms with van der Waals surface area (Å²) in [5.74, 6) is -1.02. The number of oxime groups is 1. The van der Waals surface area contributed by atoms with Crippen molar-refractivity contribution < 1.29 is 24.0 Å². The third kappa shape index (κ3) is 3.15. The van der Waals surface area contributed by atoms with Crippen LogP contribution in [0.5, 0.6) is 0 Å². The van der Waals surface area contributed by atoms with Crippen LogP contribution in [-0.2, 0) is 30.4 Å². The summed E-state index contributed by atoms with van der Waals surface area (Å²) in [7, 11) is 1.24. The summed E-state index contributed by atoms with van der Waals surface area (Å²) < 4.78 is 4.54. The fourth-order valence-electron chi connectivity index (χ4n) is 2.44. The van der Waals surface area contributed by atoms with E-state index in [1.165, 1.54) is 7.11 Å². The SMILES string of the molecule is COC(=O)C1=NO[C@H](C(=O)Nc2ccc3c(c2)CCC(=O)N3)C1. The molecule has 1 aromatic carbocycles. The average molecular weight is 317 g/mol. The maximum atomic E-state index is 12.2. The third-order valence-corrected chi connectivity index (χ3v) is 3.65. The average Bonchev–Trinajstić information content (AvgIpc) is 3.04. The highest BCUT2D eigenvalue weighted by Crippen LogP contribution is 2.26. The number of hydrogen-bond acceptors (Lipinski definition) is 6. The molecule has 0 aromatic heterocycles. The van der Waals surface area contributed by atoms with Crippen LogP contribution < -0.4 is 10.6 Å². The van der Waals surface area contributed by atoms with Crippen LogP contribution in [0.3, 0.4) is 0 Å². The molecule has 0 aliphatic carbocycles. The van der Waals surface area contributed by atoms with Crippen LogP contribution >= 0.6 is 0 Å². The number of carbonyl (C=O) groups is 3. The number of hydrogen-bond donors (Lipinski definition) is 2. The molecule has 0 bridgehead atoms. The van der Waals surface area contributed by atoms with Crippen molar-refractivity contribution in [1.82, 2.24) is 0 Å². The summed E-state index contributed by atoms with van der Waals surface area (Å²) in [5.41, 5.74) is 2.40. The van der Waals surface area contributed by atoms with Crippen LogP contribution in [0.15, 0.2) is 23.4 Å². The second-order valence-corrected chi connectivity index (χ2v) is 5.24. The largest absolute Gasteiger partial charge is 0.464 e. The van der Waals surface area contributed by atoms with Gasteiger partial charge in [0.1, 0.15) is 0 Å². The zero-order valence-corrected chi connectivity index (χ0v) is 12.4. The highest BCUT2D eigenvalue weighted by Gasteiger charge is 2.32. The molecule has 2 aliphatic rings. The second-order valence-electron chi connectivity index (χ2n) is 5.24. The minimum Gasteiger partial charge on any atom is -0.464 e. The standard InChI is InChI=1S/C15H15N3O5/c1-22-15(21)11-7-12(23-18-11)14(20)16-9-3-4-10-8(6-9)2-5-13(19)17-10/h3-4,6,12H,2,5,7H2,1H3,(H,16,20)(H,17,19)/t12-/m0/s1. The Hall–Kier alpha value is -2.90. The van der Waals surface area contributed by atoms with Gasteiger partial charge in [-0.15, -0.1) is 0 Å². The first-order valence-corrected chi connectivity index (χ1v) is 7.11. The van der Waals surface area contributed by atoms with E-state index in [0.717, 1.165) is 11.3 Å². The van der Waals surface area contributed by atoms with Crippen molar-refractivity contribution in [1.29, 1.82) is 0 Å². The number of rotatable bonds is 3. The van der Waals surface area contributed by atoms with E-state index >= 15 is 0 Å². The van der Waals surface area contributed by atoms with Gasteiger partial charge in [-0.1, -0.05) is 5.16 Å². The van der Waals surface area contributed by atoms with E-state index in [4.69, 9.17) is 4.84 Å². The predicted molar refractivity (Wildman–Crippen MR) is 81.0 cm³/mol. The molecule has 8 nitrogen and oxygen atoms in total. The quantitative estimate of drug-likeness (QED) is 0.803. The summed E-state index contributed by atoms with van der Waals surface area (Å²) in [6.45, 7) is 0. The lowest BCUT2D eigenvalue weighted by Gasteiger charge is -2.18. The number of anilines is 2. The van der Waals surface area contributed by atoms with Crippen molar-refractivity contribution in [2.45, 2.75) is 25.4 Å². The first kappa shape index (κ1) is 15.0. The van der Waals surface area contributed by atoms with Crippen molar-refractivity contribution in [3.8, 4) is 0 Å². The smallest absolute Gasteiger partial charge is 0.355 e. The van der Waals surface area contributed by atoms with Crippen molar-refractivity contribution in [2.75, 3.05) is 17.7 Å². The molecule has 2 N–H and O–H groups in total. The Morgan fingerprint density at radius 2 is 2.22 bits per heavy atom. The molecule has 23 heavy (non-hydrogen) atoms. The van der Waals surface area contributed by atoms with Gasteiger partial charge < -0.3 is 20.2 Å². The van der Waals surface area contributed by atoms with Crippen LogP contribution in [0.1, 0.15) is 18.4 Å². The molecule has 0 spiro atoms. The number of nitrogens with one attached hydrogen (secondary N) is 2. The Labute approximate surface area is 131 Å². The molecule has 0 radical (unpaired) electrons. The highest BCUT2D eigenvalue weighted by molar-refractivity contribution is 6.37. The lowest BCUT2D eigenvalue weighted by atomic mass is 10.0. The molecule has 3 rings (SSSR count). The number of ether oxygens (including phenoxy) is 1. The number of esters is 1. The summed E-state index contributed by atoms with van der Waals surface area (Å²) in [5, 5.41) is 9.06. The fourth-order valence-corrected chi connectivity index (χ4v) is 2.44. The van der Waals surface area contributed by atoms with Crippen molar-refractivity contribution >= 4 is 34.9 Å². The van der Waals surface area contributed by atoms with Crippen molar-refractivity contribution in [3.63, 3.8) is 0 Å². The first-order valence-electron chi connectivity index (χ1n) is 7.11. The number of carbonyl (C=O) groups excluding carboxylic acids is 3. The summed E-state index contributed by atoms with van der Waals surface area (Å²) in [6.07, 6.45) is 0.256. The number of amides is 2. The summed E-state index contributed by atoms with van der Waals surface area (Å²) in [4.78, 5) is 39.8. The van der Waals surface area contributed by atoms with E-state index in [1.807, 2.05) is 6.07 Å². The molecule has 0 fully saturated rings. The number of benzene rings is 1. The Balaban J connectivity index is 1.63. The summed E-state index contributed by atoms with van der Waals surface area (Å²) in [6, 6.07) is 5.25. The monoisotopic (exact) mass is 317 g/mol. The highest BCUT2D eigenvalue weighted by atomic mass is 16.7. The third-order valence-electron chi connectivity index (χ3n) is 3.65. The van der Waals surface area contributed by atoms with Gasteiger partial charge in [-0.3, -0.25) is 9.59 Å². The molecule has 0 unspecified atom stereocenters. The Morgan fingerprint density at radius 1 is 1.39 bits per heavy atom. The molecule has 2 aliphatic heterocycles. The molecular formula is C15H15N3O5. The lowest BCUT2D eigenvalue weighted by molar-refractivity contribution is -0.132. The van der Waals surface area contributed by atoms with E-state index in [2.05, 4.69) is 20.5 Å². The fraction of sp³-hybridized carbons (Fsp3) is 0.333. The van der Waals surface area contributed by atoms with Crippen molar-refractivity contribution in [2.24, 2.45) is 5.16 Å². The normalized spacial score (nSPS) is 19.1. The Morgan fingerprint density at radius 3 is 3.00 bits per heavy atom. The molecule has 1 atom stereocenters. The predicted octanol–water partition coefficient (Wildman–Crippen LogP) is 0.828. The van der Waals surface area contributed by atoms with Gasteiger partial charge in [0.05, 0.1) is 7.11 Å². The minimum absolute atomic E-state index is 0.0128. The molecule has 1 aromatic rings.